The van der Waals surface area contributed by atoms with Gasteiger partial charge in [0.1, 0.15) is 5.41 Å². The highest BCUT2D eigenvalue weighted by atomic mass is 79.9. The number of hydrogen-bond donors (Lipinski definition) is 2. The molecule has 4 N–H and O–H groups in total. The SMILES string of the molecule is N#CC1=C(N)S[C@H](c2cccc(Br)c2)[C@](C#N)(C(N)=S)[C@@H]1c1cccc(Br)c1. The molecule has 0 saturated carbocycles. The van der Waals surface area contributed by atoms with Crippen molar-refractivity contribution in [3.63, 3.8) is 0 Å². The third-order valence-corrected chi connectivity index (χ3v) is 7.39. The molecule has 3 atom stereocenters. The first-order chi connectivity index (χ1) is 13.3. The molecule has 28 heavy (non-hydrogen) atoms. The number of thioether (sulfide) groups is 1. The zero-order valence-electron chi connectivity index (χ0n) is 14.4. The fourth-order valence-electron chi connectivity index (χ4n) is 3.49. The van der Waals surface area contributed by atoms with Crippen molar-refractivity contribution in [3.8, 4) is 12.1 Å². The Kier molecular flexibility index (Phi) is 6.16. The van der Waals surface area contributed by atoms with Crippen LogP contribution in [0.4, 0.5) is 0 Å². The zero-order chi connectivity index (χ0) is 20.5. The molecular formula is C20H14Br2N4S2. The van der Waals surface area contributed by atoms with Gasteiger partial charge in [-0.05, 0) is 35.4 Å². The van der Waals surface area contributed by atoms with E-state index in [2.05, 4.69) is 44.0 Å². The second-order valence-corrected chi connectivity index (χ2v) is 9.69. The average molecular weight is 534 g/mol. The molecule has 0 unspecified atom stereocenters. The van der Waals surface area contributed by atoms with Crippen LogP contribution in [0.5, 0.6) is 0 Å². The van der Waals surface area contributed by atoms with Crippen LogP contribution < -0.4 is 11.5 Å². The summed E-state index contributed by atoms with van der Waals surface area (Å²) < 4.78 is 1.70. The highest BCUT2D eigenvalue weighted by Crippen LogP contribution is 2.60. The van der Waals surface area contributed by atoms with Gasteiger partial charge in [-0.1, -0.05) is 80.1 Å². The van der Waals surface area contributed by atoms with Crippen LogP contribution in [0.15, 0.2) is 68.1 Å². The van der Waals surface area contributed by atoms with Gasteiger partial charge in [0.2, 0.25) is 0 Å². The molecule has 8 heteroatoms. The number of nitrogens with two attached hydrogens (primary N) is 2. The number of halogens is 2. The van der Waals surface area contributed by atoms with Gasteiger partial charge < -0.3 is 11.5 Å². The summed E-state index contributed by atoms with van der Waals surface area (Å²) in [6, 6.07) is 19.6. The molecule has 0 aromatic heterocycles. The number of allylic oxidation sites excluding steroid dienone is 1. The normalized spacial score (nSPS) is 24.3. The van der Waals surface area contributed by atoms with Crippen molar-refractivity contribution in [3.05, 3.63) is 79.2 Å². The minimum atomic E-state index is -1.32. The van der Waals surface area contributed by atoms with Gasteiger partial charge in [0, 0.05) is 14.9 Å². The summed E-state index contributed by atoms with van der Waals surface area (Å²) in [5.74, 6) is -0.678. The standard InChI is InChI=1S/C20H14Br2N4S2/c21-13-5-1-3-11(7-13)16-15(9-23)18(25)28-17(20(16,10-24)19(26)27)12-4-2-6-14(22)8-12/h1-8,16-17H,25H2,(H2,26,27)/t16-,17-,20-/m1/s1. The van der Waals surface area contributed by atoms with Crippen LogP contribution in [-0.4, -0.2) is 4.99 Å². The molecule has 140 valence electrons. The Balaban J connectivity index is 2.36. The van der Waals surface area contributed by atoms with Crippen LogP contribution in [0, 0.1) is 28.1 Å². The van der Waals surface area contributed by atoms with Crippen molar-refractivity contribution < 1.29 is 0 Å². The van der Waals surface area contributed by atoms with Gasteiger partial charge in [0.15, 0.2) is 0 Å². The Labute approximate surface area is 189 Å². The van der Waals surface area contributed by atoms with Crippen molar-refractivity contribution in [1.82, 2.24) is 0 Å². The van der Waals surface area contributed by atoms with E-state index in [4.69, 9.17) is 23.7 Å². The molecule has 2 aromatic rings. The molecule has 4 nitrogen and oxygen atoms in total. The lowest BCUT2D eigenvalue weighted by Gasteiger charge is -2.44. The summed E-state index contributed by atoms with van der Waals surface area (Å²) in [5, 5.41) is 20.2. The Morgan fingerprint density at radius 1 is 1.07 bits per heavy atom. The molecule has 0 radical (unpaired) electrons. The highest BCUT2D eigenvalue weighted by molar-refractivity contribution is 9.10. The maximum Gasteiger partial charge on any atom is 0.135 e. The van der Waals surface area contributed by atoms with Gasteiger partial charge in [-0.3, -0.25) is 0 Å². The predicted molar refractivity (Wildman–Crippen MR) is 123 cm³/mol. The minimum Gasteiger partial charge on any atom is -0.393 e. The number of rotatable bonds is 3. The summed E-state index contributed by atoms with van der Waals surface area (Å²) in [7, 11) is 0. The van der Waals surface area contributed by atoms with E-state index in [0.717, 1.165) is 20.1 Å². The first-order valence-corrected chi connectivity index (χ1v) is 11.0. The molecule has 2 aromatic carbocycles. The molecular weight excluding hydrogens is 520 g/mol. The van der Waals surface area contributed by atoms with E-state index in [-0.39, 0.29) is 4.99 Å². The first kappa shape index (κ1) is 20.9. The maximum atomic E-state index is 10.4. The Hall–Kier alpha value is -1.84. The van der Waals surface area contributed by atoms with E-state index in [1.807, 2.05) is 48.5 Å². The molecule has 0 aliphatic carbocycles. The molecule has 0 bridgehead atoms. The van der Waals surface area contributed by atoms with Crippen molar-refractivity contribution in [1.29, 1.82) is 10.5 Å². The lowest BCUT2D eigenvalue weighted by Crippen LogP contribution is -2.47. The summed E-state index contributed by atoms with van der Waals surface area (Å²) in [6.07, 6.45) is 0. The van der Waals surface area contributed by atoms with Crippen molar-refractivity contribution in [2.24, 2.45) is 16.9 Å². The lowest BCUT2D eigenvalue weighted by molar-refractivity contribution is 0.462. The number of benzene rings is 2. The quantitative estimate of drug-likeness (QED) is 0.521. The summed E-state index contributed by atoms with van der Waals surface area (Å²) in [5.41, 5.74) is 13.1. The van der Waals surface area contributed by atoms with Crippen LogP contribution in [0.25, 0.3) is 0 Å². The molecule has 1 heterocycles. The molecule has 3 rings (SSSR count). The van der Waals surface area contributed by atoms with Crippen LogP contribution in [-0.2, 0) is 0 Å². The summed E-state index contributed by atoms with van der Waals surface area (Å²) in [6.45, 7) is 0. The van der Waals surface area contributed by atoms with E-state index in [1.165, 1.54) is 11.8 Å². The number of thiocarbonyl (C=S) groups is 1. The number of nitrogens with zero attached hydrogens (tertiary/aromatic N) is 2. The van der Waals surface area contributed by atoms with E-state index < -0.39 is 16.6 Å². The Bertz CT molecular complexity index is 1070. The average Bonchev–Trinajstić information content (AvgIpc) is 2.67. The van der Waals surface area contributed by atoms with Crippen LogP contribution in [0.3, 0.4) is 0 Å². The predicted octanol–water partition coefficient (Wildman–Crippen LogP) is 5.27. The van der Waals surface area contributed by atoms with Crippen molar-refractivity contribution in [2.45, 2.75) is 11.2 Å². The second kappa shape index (κ2) is 8.26. The molecule has 0 spiro atoms. The molecule has 1 aliphatic rings. The maximum absolute atomic E-state index is 10.4. The second-order valence-electron chi connectivity index (χ2n) is 6.28. The van der Waals surface area contributed by atoms with Gasteiger partial charge in [-0.15, -0.1) is 0 Å². The van der Waals surface area contributed by atoms with Crippen LogP contribution >= 0.6 is 55.8 Å². The lowest BCUT2D eigenvalue weighted by atomic mass is 9.65. The number of hydrogen-bond acceptors (Lipinski definition) is 5. The van der Waals surface area contributed by atoms with E-state index in [0.29, 0.717) is 10.6 Å². The Morgan fingerprint density at radius 2 is 1.64 bits per heavy atom. The van der Waals surface area contributed by atoms with E-state index >= 15 is 0 Å². The fraction of sp³-hybridized carbons (Fsp3) is 0.150. The van der Waals surface area contributed by atoms with E-state index in [9.17, 15) is 10.5 Å². The smallest absolute Gasteiger partial charge is 0.135 e. The molecule has 1 aliphatic heterocycles. The molecule has 0 fully saturated rings. The van der Waals surface area contributed by atoms with Crippen LogP contribution in [0.1, 0.15) is 22.3 Å². The van der Waals surface area contributed by atoms with Crippen molar-refractivity contribution >= 4 is 60.8 Å². The number of nitriles is 2. The third kappa shape index (κ3) is 3.46. The van der Waals surface area contributed by atoms with E-state index in [1.54, 1.807) is 0 Å². The molecule has 0 amide bonds. The topological polar surface area (TPSA) is 99.6 Å². The third-order valence-electron chi connectivity index (χ3n) is 4.71. The van der Waals surface area contributed by atoms with Crippen molar-refractivity contribution in [2.75, 3.05) is 0 Å². The van der Waals surface area contributed by atoms with Gasteiger partial charge in [-0.2, -0.15) is 10.5 Å². The highest BCUT2D eigenvalue weighted by Gasteiger charge is 2.55. The monoisotopic (exact) mass is 532 g/mol. The Morgan fingerprint density at radius 3 is 2.14 bits per heavy atom. The molecule has 0 saturated heterocycles. The van der Waals surface area contributed by atoms with Gasteiger partial charge in [-0.25, -0.2) is 0 Å². The summed E-state index contributed by atoms with van der Waals surface area (Å²) in [4.78, 5) is 0.0395. The van der Waals surface area contributed by atoms with Gasteiger partial charge in [0.25, 0.3) is 0 Å². The zero-order valence-corrected chi connectivity index (χ0v) is 19.2. The minimum absolute atomic E-state index is 0.0395. The first-order valence-electron chi connectivity index (χ1n) is 8.13. The fourth-order valence-corrected chi connectivity index (χ4v) is 6.01. The summed E-state index contributed by atoms with van der Waals surface area (Å²) >= 11 is 13.6. The van der Waals surface area contributed by atoms with Gasteiger partial charge in [0.05, 0.1) is 33.0 Å². The largest absolute Gasteiger partial charge is 0.393 e. The van der Waals surface area contributed by atoms with Gasteiger partial charge >= 0.3 is 0 Å². The van der Waals surface area contributed by atoms with Crippen LogP contribution in [0.2, 0.25) is 0 Å².